The van der Waals surface area contributed by atoms with Crippen molar-refractivity contribution in [3.05, 3.63) is 10.4 Å². The maximum absolute atomic E-state index is 11.1. The van der Waals surface area contributed by atoms with Crippen molar-refractivity contribution in [3.8, 4) is 0 Å². The Labute approximate surface area is 108 Å². The summed E-state index contributed by atoms with van der Waals surface area (Å²) >= 11 is 0. The lowest BCUT2D eigenvalue weighted by atomic mass is 9.99. The van der Waals surface area contributed by atoms with Crippen molar-refractivity contribution in [3.63, 3.8) is 0 Å². The lowest BCUT2D eigenvalue weighted by Gasteiger charge is -2.37. The number of hydrogen-bond acceptors (Lipinski definition) is 7. The Hall–Kier alpha value is -1.83. The molecule has 0 aromatic carbocycles. The van der Waals surface area contributed by atoms with E-state index in [0.29, 0.717) is 0 Å². The number of esters is 2. The van der Waals surface area contributed by atoms with Crippen LogP contribution in [0.1, 0.15) is 13.8 Å². The standard InChI is InChI=1S/C10H13N3O6/c1-4(14)17-8-6-3-16-10(19-6)7(12-13-11)9(8)18-5(2)15/h6-10H,3H2,1-2H3/t6-,7+,8-,9+,10-/m1/s1. The van der Waals surface area contributed by atoms with Crippen LogP contribution in [0.4, 0.5) is 0 Å². The fourth-order valence-electron chi connectivity index (χ4n) is 2.20. The average Bonchev–Trinajstić information content (AvgIpc) is 2.74. The topological polar surface area (TPSA) is 120 Å². The van der Waals surface area contributed by atoms with Gasteiger partial charge in [-0.25, -0.2) is 0 Å². The summed E-state index contributed by atoms with van der Waals surface area (Å²) in [5.74, 6) is -1.11. The Morgan fingerprint density at radius 1 is 1.26 bits per heavy atom. The summed E-state index contributed by atoms with van der Waals surface area (Å²) in [6.07, 6.45) is -3.10. The number of azide groups is 1. The van der Waals surface area contributed by atoms with Gasteiger partial charge in [-0.15, -0.1) is 0 Å². The smallest absolute Gasteiger partial charge is 0.303 e. The molecule has 2 bridgehead atoms. The molecule has 0 aliphatic carbocycles. The summed E-state index contributed by atoms with van der Waals surface area (Å²) in [6, 6.07) is -0.892. The fraction of sp³-hybridized carbons (Fsp3) is 0.800. The molecule has 104 valence electrons. The van der Waals surface area contributed by atoms with Gasteiger partial charge in [-0.05, 0) is 5.53 Å². The van der Waals surface area contributed by atoms with Crippen LogP contribution in [-0.2, 0) is 28.5 Å². The van der Waals surface area contributed by atoms with Crippen molar-refractivity contribution in [1.82, 2.24) is 0 Å². The molecule has 0 aromatic rings. The van der Waals surface area contributed by atoms with Crippen LogP contribution in [0.15, 0.2) is 5.11 Å². The first kappa shape index (κ1) is 13.6. The molecule has 2 rings (SSSR count). The van der Waals surface area contributed by atoms with Crippen molar-refractivity contribution in [1.29, 1.82) is 0 Å². The fourth-order valence-corrected chi connectivity index (χ4v) is 2.20. The Morgan fingerprint density at radius 2 is 1.89 bits per heavy atom. The lowest BCUT2D eigenvalue weighted by Crippen LogP contribution is -2.56. The number of nitrogens with zero attached hydrogens (tertiary/aromatic N) is 3. The van der Waals surface area contributed by atoms with E-state index in [1.807, 2.05) is 0 Å². The van der Waals surface area contributed by atoms with Crippen molar-refractivity contribution in [2.75, 3.05) is 6.61 Å². The highest BCUT2D eigenvalue weighted by Gasteiger charge is 2.53. The molecule has 0 spiro atoms. The molecule has 0 radical (unpaired) electrons. The first-order chi connectivity index (χ1) is 9.02. The summed E-state index contributed by atoms with van der Waals surface area (Å²) in [7, 11) is 0. The van der Waals surface area contributed by atoms with Gasteiger partial charge in [0.2, 0.25) is 0 Å². The molecule has 2 aliphatic rings. The Kier molecular flexibility index (Phi) is 3.89. The van der Waals surface area contributed by atoms with Crippen LogP contribution >= 0.6 is 0 Å². The summed E-state index contributed by atoms with van der Waals surface area (Å²) in [5.41, 5.74) is 8.56. The van der Waals surface area contributed by atoms with Crippen LogP contribution in [0.2, 0.25) is 0 Å². The number of carbonyl (C=O) groups is 2. The first-order valence-electron chi connectivity index (χ1n) is 5.68. The zero-order valence-corrected chi connectivity index (χ0v) is 10.4. The normalized spacial score (nSPS) is 36.2. The van der Waals surface area contributed by atoms with Crippen molar-refractivity contribution < 1.29 is 28.5 Å². The molecule has 2 fully saturated rings. The summed E-state index contributed by atoms with van der Waals surface area (Å²) < 4.78 is 20.9. The van der Waals surface area contributed by atoms with E-state index < -0.39 is 42.6 Å². The third kappa shape index (κ3) is 2.78. The summed E-state index contributed by atoms with van der Waals surface area (Å²) in [5, 5.41) is 3.52. The second-order valence-corrected chi connectivity index (χ2v) is 4.22. The molecule has 9 heteroatoms. The van der Waals surface area contributed by atoms with Crippen LogP contribution < -0.4 is 0 Å². The molecule has 2 aliphatic heterocycles. The minimum Gasteiger partial charge on any atom is -0.458 e. The summed E-state index contributed by atoms with van der Waals surface area (Å²) in [4.78, 5) is 24.9. The zero-order chi connectivity index (χ0) is 14.0. The minimum atomic E-state index is -0.913. The third-order valence-electron chi connectivity index (χ3n) is 2.83. The number of carbonyl (C=O) groups excluding carboxylic acids is 2. The highest BCUT2D eigenvalue weighted by molar-refractivity contribution is 5.67. The molecule has 2 heterocycles. The Morgan fingerprint density at radius 3 is 2.47 bits per heavy atom. The monoisotopic (exact) mass is 271 g/mol. The predicted octanol–water partition coefficient (Wildman–Crippen LogP) is 0.284. The molecule has 5 atom stereocenters. The molecule has 19 heavy (non-hydrogen) atoms. The molecule has 9 nitrogen and oxygen atoms in total. The lowest BCUT2D eigenvalue weighted by molar-refractivity contribution is -0.209. The quantitative estimate of drug-likeness (QED) is 0.315. The van der Waals surface area contributed by atoms with Crippen molar-refractivity contribution >= 4 is 11.9 Å². The Balaban J connectivity index is 2.28. The second kappa shape index (κ2) is 5.43. The van der Waals surface area contributed by atoms with E-state index in [0.717, 1.165) is 0 Å². The molecular formula is C10H13N3O6. The third-order valence-corrected chi connectivity index (χ3v) is 2.83. The van der Waals surface area contributed by atoms with Gasteiger partial charge in [0.1, 0.15) is 12.1 Å². The van der Waals surface area contributed by atoms with E-state index in [1.165, 1.54) is 13.8 Å². The maximum atomic E-state index is 11.1. The second-order valence-electron chi connectivity index (χ2n) is 4.22. The van der Waals surface area contributed by atoms with Gasteiger partial charge >= 0.3 is 11.9 Å². The summed E-state index contributed by atoms with van der Waals surface area (Å²) in [6.45, 7) is 2.63. The minimum absolute atomic E-state index is 0.178. The molecule has 2 saturated heterocycles. The first-order valence-corrected chi connectivity index (χ1v) is 5.68. The van der Waals surface area contributed by atoms with Crippen molar-refractivity contribution in [2.45, 2.75) is 44.5 Å². The molecular weight excluding hydrogens is 258 g/mol. The molecule has 0 amide bonds. The van der Waals surface area contributed by atoms with Gasteiger partial charge < -0.3 is 18.9 Å². The van der Waals surface area contributed by atoms with E-state index in [1.54, 1.807) is 0 Å². The zero-order valence-electron chi connectivity index (χ0n) is 10.4. The average molecular weight is 271 g/mol. The van der Waals surface area contributed by atoms with Gasteiger partial charge in [-0.1, -0.05) is 5.11 Å². The van der Waals surface area contributed by atoms with Crippen LogP contribution in [0.3, 0.4) is 0 Å². The van der Waals surface area contributed by atoms with E-state index in [2.05, 4.69) is 10.0 Å². The number of fused-ring (bicyclic) bond motifs is 2. The van der Waals surface area contributed by atoms with Crippen LogP contribution in [0.5, 0.6) is 0 Å². The van der Waals surface area contributed by atoms with E-state index in [4.69, 9.17) is 24.5 Å². The van der Waals surface area contributed by atoms with Gasteiger partial charge in [0.05, 0.1) is 6.61 Å². The van der Waals surface area contributed by atoms with Crippen molar-refractivity contribution in [2.24, 2.45) is 5.11 Å². The van der Waals surface area contributed by atoms with Gasteiger partial charge in [0, 0.05) is 18.8 Å². The largest absolute Gasteiger partial charge is 0.458 e. The van der Waals surface area contributed by atoms with E-state index in [-0.39, 0.29) is 6.61 Å². The number of rotatable bonds is 3. The van der Waals surface area contributed by atoms with E-state index in [9.17, 15) is 9.59 Å². The number of hydrogen-bond donors (Lipinski definition) is 0. The van der Waals surface area contributed by atoms with Crippen LogP contribution in [0, 0.1) is 0 Å². The molecule has 0 unspecified atom stereocenters. The molecule has 0 saturated carbocycles. The predicted molar refractivity (Wildman–Crippen MR) is 58.7 cm³/mol. The van der Waals surface area contributed by atoms with Gasteiger partial charge in [0.15, 0.2) is 18.5 Å². The van der Waals surface area contributed by atoms with Gasteiger partial charge in [0.25, 0.3) is 0 Å². The maximum Gasteiger partial charge on any atom is 0.303 e. The SMILES string of the molecule is CC(=O)O[C@H]1[C@H](N=[N+]=[N-])[C@@H]2OC[C@@H](O2)[C@H]1OC(C)=O. The highest BCUT2D eigenvalue weighted by atomic mass is 16.7. The van der Waals surface area contributed by atoms with Gasteiger partial charge in [-0.2, -0.15) is 0 Å². The van der Waals surface area contributed by atoms with E-state index >= 15 is 0 Å². The van der Waals surface area contributed by atoms with Crippen LogP contribution in [0.25, 0.3) is 10.4 Å². The Bertz CT molecular complexity index is 435. The molecule has 0 aromatic heterocycles. The van der Waals surface area contributed by atoms with Crippen LogP contribution in [-0.4, -0.2) is 49.2 Å². The van der Waals surface area contributed by atoms with Gasteiger partial charge in [-0.3, -0.25) is 9.59 Å². The number of ether oxygens (including phenoxy) is 4. The molecule has 0 N–H and O–H groups in total. The highest BCUT2D eigenvalue weighted by Crippen LogP contribution is 2.33.